The molecule has 21 heavy (non-hydrogen) atoms. The van der Waals surface area contributed by atoms with Crippen LogP contribution in [-0.2, 0) is 14.4 Å². The molecule has 1 rings (SSSR count). The van der Waals surface area contributed by atoms with E-state index in [1.165, 1.54) is 0 Å². The van der Waals surface area contributed by atoms with E-state index in [2.05, 4.69) is 0 Å². The van der Waals surface area contributed by atoms with E-state index in [-0.39, 0.29) is 12.8 Å². The number of hydrogen-bond acceptors (Lipinski definition) is 4. The molecule has 0 radical (unpaired) electrons. The molecule has 0 saturated heterocycles. The zero-order chi connectivity index (χ0) is 16.0. The standard InChI is InChI=1S/C14H18N2O5/c1-9-2-4-10(5-3-9)16(8-13(19)20)14(21)11(15)6-7-12(17)18/h2-5,11H,6-8,15H2,1H3,(H,17,18)(H,19,20). The molecule has 1 aromatic carbocycles. The highest BCUT2D eigenvalue weighted by Crippen LogP contribution is 2.16. The molecular formula is C14H18N2O5. The molecule has 0 aliphatic rings. The average Bonchev–Trinajstić information content (AvgIpc) is 2.42. The van der Waals surface area contributed by atoms with Crippen LogP contribution in [0.15, 0.2) is 24.3 Å². The molecular weight excluding hydrogens is 276 g/mol. The maximum Gasteiger partial charge on any atom is 0.323 e. The lowest BCUT2D eigenvalue weighted by molar-refractivity contribution is -0.138. The van der Waals surface area contributed by atoms with Gasteiger partial charge in [-0.15, -0.1) is 0 Å². The second kappa shape index (κ2) is 7.39. The summed E-state index contributed by atoms with van der Waals surface area (Å²) in [5.41, 5.74) is 7.05. The van der Waals surface area contributed by atoms with Gasteiger partial charge in [0.15, 0.2) is 0 Å². The van der Waals surface area contributed by atoms with Gasteiger partial charge in [0.25, 0.3) is 0 Å². The summed E-state index contributed by atoms with van der Waals surface area (Å²) in [5.74, 6) is -2.84. The van der Waals surface area contributed by atoms with E-state index in [1.807, 2.05) is 6.92 Å². The first-order valence-electron chi connectivity index (χ1n) is 6.38. The Morgan fingerprint density at radius 3 is 2.19 bits per heavy atom. The van der Waals surface area contributed by atoms with Crippen molar-refractivity contribution in [3.8, 4) is 0 Å². The Labute approximate surface area is 122 Å². The van der Waals surface area contributed by atoms with Gasteiger partial charge in [0, 0.05) is 12.1 Å². The summed E-state index contributed by atoms with van der Waals surface area (Å²) >= 11 is 0. The third kappa shape index (κ3) is 5.23. The summed E-state index contributed by atoms with van der Waals surface area (Å²) in [7, 11) is 0. The van der Waals surface area contributed by atoms with Crippen molar-refractivity contribution in [1.29, 1.82) is 0 Å². The van der Waals surface area contributed by atoms with Gasteiger partial charge in [0.2, 0.25) is 5.91 Å². The highest BCUT2D eigenvalue weighted by molar-refractivity contribution is 6.00. The maximum atomic E-state index is 12.2. The molecule has 114 valence electrons. The lowest BCUT2D eigenvalue weighted by Crippen LogP contribution is -2.46. The number of carbonyl (C=O) groups is 3. The third-order valence-corrected chi connectivity index (χ3v) is 2.89. The minimum absolute atomic E-state index is 0.0455. The molecule has 7 nitrogen and oxygen atoms in total. The highest BCUT2D eigenvalue weighted by atomic mass is 16.4. The molecule has 1 atom stereocenters. The monoisotopic (exact) mass is 294 g/mol. The molecule has 0 aromatic heterocycles. The SMILES string of the molecule is Cc1ccc(N(CC(=O)O)C(=O)C(N)CCC(=O)O)cc1. The van der Waals surface area contributed by atoms with E-state index >= 15 is 0 Å². The summed E-state index contributed by atoms with van der Waals surface area (Å²) < 4.78 is 0. The first-order valence-corrected chi connectivity index (χ1v) is 6.38. The van der Waals surface area contributed by atoms with Crippen LogP contribution in [0.3, 0.4) is 0 Å². The topological polar surface area (TPSA) is 121 Å². The molecule has 0 spiro atoms. The Balaban J connectivity index is 2.90. The van der Waals surface area contributed by atoms with Gasteiger partial charge >= 0.3 is 11.9 Å². The van der Waals surface area contributed by atoms with Crippen molar-refractivity contribution >= 4 is 23.5 Å². The van der Waals surface area contributed by atoms with Crippen LogP contribution in [0.4, 0.5) is 5.69 Å². The minimum Gasteiger partial charge on any atom is -0.481 e. The van der Waals surface area contributed by atoms with Gasteiger partial charge in [-0.05, 0) is 25.5 Å². The first kappa shape index (κ1) is 16.6. The molecule has 0 bridgehead atoms. The fraction of sp³-hybridized carbons (Fsp3) is 0.357. The summed E-state index contributed by atoms with van der Waals surface area (Å²) in [6, 6.07) is 5.70. The number of rotatable bonds is 7. The number of carboxylic acids is 2. The van der Waals surface area contributed by atoms with Gasteiger partial charge in [0.1, 0.15) is 6.54 Å². The summed E-state index contributed by atoms with van der Waals surface area (Å²) in [4.78, 5) is 34.7. The van der Waals surface area contributed by atoms with Gasteiger partial charge in [0.05, 0.1) is 6.04 Å². The number of carboxylic acid groups (broad SMARTS) is 2. The van der Waals surface area contributed by atoms with Crippen LogP contribution in [0, 0.1) is 6.92 Å². The van der Waals surface area contributed by atoms with E-state index in [1.54, 1.807) is 24.3 Å². The molecule has 0 heterocycles. The predicted molar refractivity (Wildman–Crippen MR) is 76.0 cm³/mol. The lowest BCUT2D eigenvalue weighted by Gasteiger charge is -2.24. The number of aryl methyl sites for hydroxylation is 1. The molecule has 1 aromatic rings. The molecule has 0 aliphatic heterocycles. The minimum atomic E-state index is -1.17. The largest absolute Gasteiger partial charge is 0.481 e. The predicted octanol–water partition coefficient (Wildman–Crippen LogP) is 0.605. The highest BCUT2D eigenvalue weighted by Gasteiger charge is 2.24. The van der Waals surface area contributed by atoms with Crippen molar-refractivity contribution < 1.29 is 24.6 Å². The fourth-order valence-corrected chi connectivity index (χ4v) is 1.76. The summed E-state index contributed by atoms with van der Waals surface area (Å²) in [5, 5.41) is 17.5. The first-order chi connectivity index (χ1) is 9.81. The molecule has 0 saturated carbocycles. The number of hydrogen-bond donors (Lipinski definition) is 3. The van der Waals surface area contributed by atoms with Gasteiger partial charge < -0.3 is 15.9 Å². The molecule has 1 amide bonds. The quantitative estimate of drug-likeness (QED) is 0.677. The van der Waals surface area contributed by atoms with E-state index in [0.717, 1.165) is 10.5 Å². The van der Waals surface area contributed by atoms with Crippen molar-refractivity contribution in [1.82, 2.24) is 0 Å². The van der Waals surface area contributed by atoms with Crippen molar-refractivity contribution in [2.75, 3.05) is 11.4 Å². The van der Waals surface area contributed by atoms with E-state index < -0.39 is 30.4 Å². The molecule has 0 fully saturated rings. The van der Waals surface area contributed by atoms with Crippen LogP contribution in [0.2, 0.25) is 0 Å². The van der Waals surface area contributed by atoms with Crippen LogP contribution in [0.5, 0.6) is 0 Å². The smallest absolute Gasteiger partial charge is 0.323 e. The normalized spacial score (nSPS) is 11.7. The molecule has 0 aliphatic carbocycles. The molecule has 4 N–H and O–H groups in total. The Bertz CT molecular complexity index is 527. The second-order valence-corrected chi connectivity index (χ2v) is 4.69. The lowest BCUT2D eigenvalue weighted by atomic mass is 10.1. The van der Waals surface area contributed by atoms with Crippen LogP contribution >= 0.6 is 0 Å². The van der Waals surface area contributed by atoms with Crippen molar-refractivity contribution in [3.63, 3.8) is 0 Å². The molecule has 1 unspecified atom stereocenters. The van der Waals surface area contributed by atoms with E-state index in [0.29, 0.717) is 5.69 Å². The van der Waals surface area contributed by atoms with Crippen LogP contribution in [-0.4, -0.2) is 40.6 Å². The molecule has 7 heteroatoms. The summed E-state index contributed by atoms with van der Waals surface area (Å²) in [6.07, 6.45) is -0.294. The van der Waals surface area contributed by atoms with Crippen LogP contribution < -0.4 is 10.6 Å². The van der Waals surface area contributed by atoms with E-state index in [4.69, 9.17) is 15.9 Å². The van der Waals surface area contributed by atoms with Gasteiger partial charge in [-0.25, -0.2) is 0 Å². The van der Waals surface area contributed by atoms with Gasteiger partial charge in [-0.2, -0.15) is 0 Å². The van der Waals surface area contributed by atoms with Crippen molar-refractivity contribution in [2.45, 2.75) is 25.8 Å². The number of anilines is 1. The van der Waals surface area contributed by atoms with Crippen LogP contribution in [0.25, 0.3) is 0 Å². The van der Waals surface area contributed by atoms with Gasteiger partial charge in [-0.3, -0.25) is 19.3 Å². The Morgan fingerprint density at radius 2 is 1.71 bits per heavy atom. The number of nitrogens with two attached hydrogens (primary N) is 1. The zero-order valence-electron chi connectivity index (χ0n) is 11.7. The maximum absolute atomic E-state index is 12.2. The Hall–Kier alpha value is -2.41. The van der Waals surface area contributed by atoms with Crippen LogP contribution in [0.1, 0.15) is 18.4 Å². The average molecular weight is 294 g/mol. The number of nitrogens with zero attached hydrogens (tertiary/aromatic N) is 1. The number of amides is 1. The third-order valence-electron chi connectivity index (χ3n) is 2.89. The van der Waals surface area contributed by atoms with Crippen molar-refractivity contribution in [2.24, 2.45) is 5.73 Å². The fourth-order valence-electron chi connectivity index (χ4n) is 1.76. The number of carbonyl (C=O) groups excluding carboxylic acids is 1. The van der Waals surface area contributed by atoms with E-state index in [9.17, 15) is 14.4 Å². The number of benzene rings is 1. The Kier molecular flexibility index (Phi) is 5.86. The second-order valence-electron chi connectivity index (χ2n) is 4.69. The summed E-state index contributed by atoms with van der Waals surface area (Å²) in [6.45, 7) is 1.34. The number of aliphatic carboxylic acids is 2. The zero-order valence-corrected chi connectivity index (χ0v) is 11.7. The Morgan fingerprint density at radius 1 is 1.14 bits per heavy atom. The van der Waals surface area contributed by atoms with Gasteiger partial charge in [-0.1, -0.05) is 17.7 Å². The van der Waals surface area contributed by atoms with Crippen molar-refractivity contribution in [3.05, 3.63) is 29.8 Å².